The lowest BCUT2D eigenvalue weighted by molar-refractivity contribution is -0.142. The first kappa shape index (κ1) is 11.7. The highest BCUT2D eigenvalue weighted by Crippen LogP contribution is 2.20. The Balaban J connectivity index is 2.07. The summed E-state index contributed by atoms with van der Waals surface area (Å²) in [5, 5.41) is 4.16. The smallest absolute Gasteiger partial charge is 0.322 e. The van der Waals surface area contributed by atoms with Crippen molar-refractivity contribution in [2.75, 3.05) is 7.11 Å². The number of ether oxygens (including phenoxy) is 1. The molecule has 0 aliphatic rings. The second-order valence-corrected chi connectivity index (χ2v) is 3.88. The van der Waals surface area contributed by atoms with Crippen LogP contribution in [0.15, 0.2) is 34.9 Å². The zero-order chi connectivity index (χ0) is 12.3. The van der Waals surface area contributed by atoms with E-state index < -0.39 is 0 Å². The summed E-state index contributed by atoms with van der Waals surface area (Å²) in [7, 11) is 1.38. The van der Waals surface area contributed by atoms with E-state index in [9.17, 15) is 4.79 Å². The molecule has 0 fully saturated rings. The van der Waals surface area contributed by atoms with Crippen molar-refractivity contribution in [2.24, 2.45) is 0 Å². The maximum absolute atomic E-state index is 11.2. The highest BCUT2D eigenvalue weighted by Gasteiger charge is 2.13. The van der Waals surface area contributed by atoms with Crippen molar-refractivity contribution in [3.8, 4) is 0 Å². The van der Waals surface area contributed by atoms with Crippen molar-refractivity contribution in [3.63, 3.8) is 0 Å². The molecule has 0 aliphatic heterocycles. The summed E-state index contributed by atoms with van der Waals surface area (Å²) in [6.07, 6.45) is 1.71. The minimum atomic E-state index is -0.325. The second kappa shape index (κ2) is 5.01. The monoisotopic (exact) mass is 233 g/mol. The van der Waals surface area contributed by atoms with E-state index in [1.54, 1.807) is 13.2 Å². The highest BCUT2D eigenvalue weighted by molar-refractivity contribution is 5.81. The average Bonchev–Trinajstić information content (AvgIpc) is 2.78. The number of rotatable bonds is 4. The Labute approximate surface area is 99.6 Å². The van der Waals surface area contributed by atoms with Gasteiger partial charge in [-0.05, 0) is 13.0 Å². The molecule has 0 spiro atoms. The van der Waals surface area contributed by atoms with E-state index in [0.717, 1.165) is 16.5 Å². The molecule has 0 unspecified atom stereocenters. The summed E-state index contributed by atoms with van der Waals surface area (Å²) in [4.78, 5) is 11.2. The van der Waals surface area contributed by atoms with Crippen LogP contribution >= 0.6 is 0 Å². The Morgan fingerprint density at radius 2 is 2.24 bits per heavy atom. The molecule has 0 saturated carbocycles. The molecule has 1 atom stereocenters. The molecule has 2 aromatic rings. The van der Waals surface area contributed by atoms with Crippen molar-refractivity contribution in [2.45, 2.75) is 19.5 Å². The Morgan fingerprint density at radius 3 is 3.00 bits per heavy atom. The number of nitrogens with one attached hydrogen (secondary N) is 1. The minimum absolute atomic E-state index is 0.266. The average molecular weight is 233 g/mol. The molecule has 0 saturated heterocycles. The van der Waals surface area contributed by atoms with E-state index >= 15 is 0 Å². The SMILES string of the molecule is COC(=O)[C@@H](C)NCc1coc2ccccc12. The van der Waals surface area contributed by atoms with Gasteiger partial charge in [0.05, 0.1) is 13.4 Å². The lowest BCUT2D eigenvalue weighted by Crippen LogP contribution is -2.34. The summed E-state index contributed by atoms with van der Waals surface area (Å²) in [6, 6.07) is 7.49. The van der Waals surface area contributed by atoms with E-state index in [4.69, 9.17) is 4.42 Å². The molecule has 90 valence electrons. The summed E-state index contributed by atoms with van der Waals surface area (Å²) in [5.74, 6) is -0.266. The van der Waals surface area contributed by atoms with Gasteiger partial charge in [0.25, 0.3) is 0 Å². The van der Waals surface area contributed by atoms with Gasteiger partial charge < -0.3 is 14.5 Å². The van der Waals surface area contributed by atoms with Gasteiger partial charge in [0.1, 0.15) is 11.6 Å². The number of benzene rings is 1. The Kier molecular flexibility index (Phi) is 3.44. The number of para-hydroxylation sites is 1. The second-order valence-electron chi connectivity index (χ2n) is 3.88. The lowest BCUT2D eigenvalue weighted by Gasteiger charge is -2.10. The zero-order valence-corrected chi connectivity index (χ0v) is 9.90. The summed E-state index contributed by atoms with van der Waals surface area (Å²) < 4.78 is 10.1. The van der Waals surface area contributed by atoms with Crippen LogP contribution in [-0.2, 0) is 16.1 Å². The van der Waals surface area contributed by atoms with Crippen LogP contribution in [0.5, 0.6) is 0 Å². The van der Waals surface area contributed by atoms with E-state index in [1.165, 1.54) is 7.11 Å². The molecule has 4 nitrogen and oxygen atoms in total. The summed E-state index contributed by atoms with van der Waals surface area (Å²) in [6.45, 7) is 2.35. The summed E-state index contributed by atoms with van der Waals surface area (Å²) in [5.41, 5.74) is 1.89. The first-order chi connectivity index (χ1) is 8.22. The molecular formula is C13H15NO3. The van der Waals surface area contributed by atoms with Crippen LogP contribution in [0.4, 0.5) is 0 Å². The first-order valence-corrected chi connectivity index (χ1v) is 5.48. The van der Waals surface area contributed by atoms with Crippen molar-refractivity contribution < 1.29 is 13.9 Å². The molecule has 0 bridgehead atoms. The number of carbonyl (C=O) groups excluding carboxylic acids is 1. The largest absolute Gasteiger partial charge is 0.468 e. The molecule has 1 aromatic carbocycles. The van der Waals surface area contributed by atoms with Crippen molar-refractivity contribution in [3.05, 3.63) is 36.1 Å². The van der Waals surface area contributed by atoms with Crippen LogP contribution in [0, 0.1) is 0 Å². The van der Waals surface area contributed by atoms with Gasteiger partial charge in [0, 0.05) is 17.5 Å². The number of carbonyl (C=O) groups is 1. The van der Waals surface area contributed by atoms with Crippen LogP contribution in [-0.4, -0.2) is 19.1 Å². The molecule has 2 rings (SSSR count). The van der Waals surface area contributed by atoms with Crippen LogP contribution in [0.2, 0.25) is 0 Å². The number of hydrogen-bond acceptors (Lipinski definition) is 4. The van der Waals surface area contributed by atoms with Gasteiger partial charge >= 0.3 is 5.97 Å². The fourth-order valence-electron chi connectivity index (χ4n) is 1.69. The standard InChI is InChI=1S/C13H15NO3/c1-9(13(15)16-2)14-7-10-8-17-12-6-4-3-5-11(10)12/h3-6,8-9,14H,7H2,1-2H3/t9-/m1/s1. The van der Waals surface area contributed by atoms with E-state index in [2.05, 4.69) is 10.1 Å². The van der Waals surface area contributed by atoms with Gasteiger partial charge in [0.2, 0.25) is 0 Å². The fourth-order valence-corrected chi connectivity index (χ4v) is 1.69. The van der Waals surface area contributed by atoms with E-state index in [0.29, 0.717) is 6.54 Å². The predicted molar refractivity (Wildman–Crippen MR) is 64.5 cm³/mol. The van der Waals surface area contributed by atoms with Gasteiger partial charge in [-0.15, -0.1) is 0 Å². The van der Waals surface area contributed by atoms with Gasteiger partial charge in [-0.25, -0.2) is 0 Å². The molecule has 0 radical (unpaired) electrons. The normalized spacial score (nSPS) is 12.6. The van der Waals surface area contributed by atoms with Gasteiger partial charge in [-0.1, -0.05) is 18.2 Å². The molecule has 4 heteroatoms. The maximum Gasteiger partial charge on any atom is 0.322 e. The molecule has 1 aromatic heterocycles. The number of methoxy groups -OCH3 is 1. The van der Waals surface area contributed by atoms with Crippen molar-refractivity contribution in [1.82, 2.24) is 5.32 Å². The maximum atomic E-state index is 11.2. The highest BCUT2D eigenvalue weighted by atomic mass is 16.5. The Hall–Kier alpha value is -1.81. The van der Waals surface area contributed by atoms with Crippen molar-refractivity contribution >= 4 is 16.9 Å². The number of hydrogen-bond donors (Lipinski definition) is 1. The zero-order valence-electron chi connectivity index (χ0n) is 9.90. The van der Waals surface area contributed by atoms with E-state index in [-0.39, 0.29) is 12.0 Å². The number of furan rings is 1. The Bertz CT molecular complexity index is 518. The predicted octanol–water partition coefficient (Wildman–Crippen LogP) is 2.08. The Morgan fingerprint density at radius 1 is 1.47 bits per heavy atom. The first-order valence-electron chi connectivity index (χ1n) is 5.48. The fraction of sp³-hybridized carbons (Fsp3) is 0.308. The summed E-state index contributed by atoms with van der Waals surface area (Å²) >= 11 is 0. The minimum Gasteiger partial charge on any atom is -0.468 e. The quantitative estimate of drug-likeness (QED) is 0.821. The van der Waals surface area contributed by atoms with Crippen LogP contribution in [0.1, 0.15) is 12.5 Å². The van der Waals surface area contributed by atoms with Gasteiger partial charge in [-0.2, -0.15) is 0 Å². The molecule has 17 heavy (non-hydrogen) atoms. The molecule has 1 N–H and O–H groups in total. The van der Waals surface area contributed by atoms with E-state index in [1.807, 2.05) is 24.3 Å². The molecule has 0 aliphatic carbocycles. The van der Waals surface area contributed by atoms with Crippen LogP contribution in [0.25, 0.3) is 11.0 Å². The number of esters is 1. The third kappa shape index (κ3) is 2.47. The number of fused-ring (bicyclic) bond motifs is 1. The lowest BCUT2D eigenvalue weighted by atomic mass is 10.1. The molecule has 1 heterocycles. The van der Waals surface area contributed by atoms with Crippen LogP contribution in [0.3, 0.4) is 0 Å². The van der Waals surface area contributed by atoms with Crippen LogP contribution < -0.4 is 5.32 Å². The third-order valence-corrected chi connectivity index (χ3v) is 2.71. The molecule has 0 amide bonds. The third-order valence-electron chi connectivity index (χ3n) is 2.71. The van der Waals surface area contributed by atoms with Gasteiger partial charge in [-0.3, -0.25) is 4.79 Å². The topological polar surface area (TPSA) is 51.5 Å². The molecular weight excluding hydrogens is 218 g/mol. The van der Waals surface area contributed by atoms with Crippen molar-refractivity contribution in [1.29, 1.82) is 0 Å². The van der Waals surface area contributed by atoms with Gasteiger partial charge in [0.15, 0.2) is 0 Å².